The molecule has 0 radical (unpaired) electrons. The molecular formula is C20H23ClN4O2S. The second kappa shape index (κ2) is 8.75. The van der Waals surface area contributed by atoms with Crippen LogP contribution in [0.2, 0.25) is 5.02 Å². The summed E-state index contributed by atoms with van der Waals surface area (Å²) in [4.78, 5) is 0.251. The summed E-state index contributed by atoms with van der Waals surface area (Å²) >= 11 is 6.24. The molecule has 1 heterocycles. The third-order valence-corrected chi connectivity index (χ3v) is 6.52. The van der Waals surface area contributed by atoms with E-state index in [1.54, 1.807) is 59.4 Å². The maximum absolute atomic E-state index is 13.4. The average molecular weight is 419 g/mol. The highest BCUT2D eigenvalue weighted by molar-refractivity contribution is 7.92. The second-order valence-electron chi connectivity index (χ2n) is 6.37. The summed E-state index contributed by atoms with van der Waals surface area (Å²) in [5.41, 5.74) is 2.00. The lowest BCUT2D eigenvalue weighted by Gasteiger charge is -2.27. The van der Waals surface area contributed by atoms with E-state index in [-0.39, 0.29) is 4.90 Å². The number of aryl methyl sites for hydroxylation is 1. The Morgan fingerprint density at radius 3 is 2.54 bits per heavy atom. The monoisotopic (exact) mass is 418 g/mol. The lowest BCUT2D eigenvalue weighted by atomic mass is 10.2. The number of rotatable bonds is 8. The maximum atomic E-state index is 13.4. The highest BCUT2D eigenvalue weighted by atomic mass is 35.5. The van der Waals surface area contributed by atoms with Gasteiger partial charge in [0.1, 0.15) is 0 Å². The zero-order chi connectivity index (χ0) is 20.1. The molecule has 0 atom stereocenters. The van der Waals surface area contributed by atoms with Gasteiger partial charge in [0.05, 0.1) is 28.2 Å². The van der Waals surface area contributed by atoms with Gasteiger partial charge in [-0.05, 0) is 43.2 Å². The normalized spacial score (nSPS) is 11.5. The molecule has 0 amide bonds. The molecule has 0 fully saturated rings. The van der Waals surface area contributed by atoms with Crippen molar-refractivity contribution in [3.05, 3.63) is 65.4 Å². The molecule has 8 heteroatoms. The van der Waals surface area contributed by atoms with Crippen LogP contribution in [0.15, 0.2) is 59.6 Å². The minimum Gasteiger partial charge on any atom is -0.264 e. The van der Waals surface area contributed by atoms with Gasteiger partial charge in [0.15, 0.2) is 0 Å². The van der Waals surface area contributed by atoms with Crippen LogP contribution in [0.1, 0.15) is 32.4 Å². The molecule has 28 heavy (non-hydrogen) atoms. The van der Waals surface area contributed by atoms with Crippen LogP contribution in [0.25, 0.3) is 5.69 Å². The summed E-state index contributed by atoms with van der Waals surface area (Å²) in [5.74, 6) is 0. The molecule has 3 rings (SSSR count). The SMILES string of the molecule is CCCCN(c1ccc(Cl)cc1-n1nncc1CC)S(=O)(=O)c1ccccc1. The standard InChI is InChI=1S/C20H23ClN4O2S/c1-3-5-13-24(28(26,27)18-9-7-6-8-10-18)19-12-11-16(21)14-20(19)25-17(4-2)15-22-23-25/h6-12,14-15H,3-5,13H2,1-2H3. The minimum atomic E-state index is -3.74. The van der Waals surface area contributed by atoms with Gasteiger partial charge in [0.2, 0.25) is 0 Å². The molecule has 1 aromatic heterocycles. The fraction of sp³-hybridized carbons (Fsp3) is 0.300. The number of halogens is 1. The molecule has 0 aliphatic carbocycles. The van der Waals surface area contributed by atoms with Crippen molar-refractivity contribution < 1.29 is 8.42 Å². The summed E-state index contributed by atoms with van der Waals surface area (Å²) in [6.45, 7) is 4.39. The first-order chi connectivity index (χ1) is 13.5. The Kier molecular flexibility index (Phi) is 6.36. The smallest absolute Gasteiger partial charge is 0.264 e. The number of anilines is 1. The topological polar surface area (TPSA) is 68.1 Å². The van der Waals surface area contributed by atoms with Gasteiger partial charge >= 0.3 is 0 Å². The van der Waals surface area contributed by atoms with Gasteiger partial charge in [-0.25, -0.2) is 13.1 Å². The lowest BCUT2D eigenvalue weighted by molar-refractivity contribution is 0.588. The maximum Gasteiger partial charge on any atom is 0.264 e. The number of benzene rings is 2. The molecule has 2 aromatic carbocycles. The number of sulfonamides is 1. The van der Waals surface area contributed by atoms with Crippen molar-refractivity contribution in [3.8, 4) is 5.69 Å². The van der Waals surface area contributed by atoms with Crippen LogP contribution in [0.5, 0.6) is 0 Å². The van der Waals surface area contributed by atoms with Gasteiger partial charge in [0, 0.05) is 11.6 Å². The highest BCUT2D eigenvalue weighted by Gasteiger charge is 2.27. The van der Waals surface area contributed by atoms with Crippen molar-refractivity contribution in [2.24, 2.45) is 0 Å². The Balaban J connectivity index is 2.19. The quantitative estimate of drug-likeness (QED) is 0.540. The van der Waals surface area contributed by atoms with Crippen molar-refractivity contribution in [1.29, 1.82) is 0 Å². The third-order valence-electron chi connectivity index (χ3n) is 4.46. The van der Waals surface area contributed by atoms with Crippen molar-refractivity contribution >= 4 is 27.3 Å². The van der Waals surface area contributed by atoms with Gasteiger partial charge in [-0.2, -0.15) is 0 Å². The predicted molar refractivity (Wildman–Crippen MR) is 112 cm³/mol. The molecule has 0 aliphatic heterocycles. The molecule has 6 nitrogen and oxygen atoms in total. The third kappa shape index (κ3) is 4.05. The highest BCUT2D eigenvalue weighted by Crippen LogP contribution is 2.32. The fourth-order valence-corrected chi connectivity index (χ4v) is 4.67. The Morgan fingerprint density at radius 1 is 1.11 bits per heavy atom. The number of hydrogen-bond acceptors (Lipinski definition) is 4. The van der Waals surface area contributed by atoms with Crippen molar-refractivity contribution in [2.45, 2.75) is 38.0 Å². The number of unbranched alkanes of at least 4 members (excludes halogenated alkanes) is 1. The molecule has 3 aromatic rings. The number of nitrogens with zero attached hydrogens (tertiary/aromatic N) is 4. The van der Waals surface area contributed by atoms with Crippen molar-refractivity contribution in [3.63, 3.8) is 0 Å². The first-order valence-electron chi connectivity index (χ1n) is 9.26. The van der Waals surface area contributed by atoms with Crippen LogP contribution in [0.3, 0.4) is 0 Å². The van der Waals surface area contributed by atoms with Gasteiger partial charge in [-0.15, -0.1) is 5.10 Å². The minimum absolute atomic E-state index is 0.251. The largest absolute Gasteiger partial charge is 0.264 e. The van der Waals surface area contributed by atoms with Crippen molar-refractivity contribution in [1.82, 2.24) is 15.0 Å². The van der Waals surface area contributed by atoms with Crippen LogP contribution in [0.4, 0.5) is 5.69 Å². The summed E-state index contributed by atoms with van der Waals surface area (Å²) in [6, 6.07) is 13.6. The molecule has 0 saturated heterocycles. The average Bonchev–Trinajstić information content (AvgIpc) is 3.18. The summed E-state index contributed by atoms with van der Waals surface area (Å²) in [7, 11) is -3.74. The van der Waals surface area contributed by atoms with Gasteiger partial charge in [-0.1, -0.05) is 55.3 Å². The molecule has 0 saturated carbocycles. The Labute approximate surface area is 170 Å². The first kappa shape index (κ1) is 20.4. The Hall–Kier alpha value is -2.38. The van der Waals surface area contributed by atoms with E-state index in [1.807, 2.05) is 13.8 Å². The van der Waals surface area contributed by atoms with Crippen LogP contribution in [-0.2, 0) is 16.4 Å². The first-order valence-corrected chi connectivity index (χ1v) is 11.1. The van der Waals surface area contributed by atoms with E-state index in [9.17, 15) is 8.42 Å². The lowest BCUT2D eigenvalue weighted by Crippen LogP contribution is -2.33. The molecule has 0 N–H and O–H groups in total. The van der Waals surface area contributed by atoms with E-state index in [2.05, 4.69) is 10.3 Å². The van der Waals surface area contributed by atoms with E-state index in [0.29, 0.717) is 29.4 Å². The molecule has 0 aliphatic rings. The van der Waals surface area contributed by atoms with Gasteiger partial charge in [-0.3, -0.25) is 4.31 Å². The van der Waals surface area contributed by atoms with E-state index in [1.165, 1.54) is 4.31 Å². The van der Waals surface area contributed by atoms with Crippen LogP contribution >= 0.6 is 11.6 Å². The van der Waals surface area contributed by atoms with E-state index < -0.39 is 10.0 Å². The van der Waals surface area contributed by atoms with Gasteiger partial charge < -0.3 is 0 Å². The molecule has 0 spiro atoms. The fourth-order valence-electron chi connectivity index (χ4n) is 2.97. The molecule has 148 valence electrons. The van der Waals surface area contributed by atoms with E-state index in [4.69, 9.17) is 11.6 Å². The predicted octanol–water partition coefficient (Wildman–Crippen LogP) is 4.48. The zero-order valence-electron chi connectivity index (χ0n) is 15.9. The van der Waals surface area contributed by atoms with Crippen LogP contribution in [-0.4, -0.2) is 30.0 Å². The molecule has 0 unspecified atom stereocenters. The van der Waals surface area contributed by atoms with Gasteiger partial charge in [0.25, 0.3) is 10.0 Å². The Bertz CT molecular complexity index is 1040. The molecule has 0 bridgehead atoms. The second-order valence-corrected chi connectivity index (χ2v) is 8.67. The number of aromatic nitrogens is 3. The summed E-state index contributed by atoms with van der Waals surface area (Å²) in [5, 5.41) is 8.65. The van der Waals surface area contributed by atoms with E-state index in [0.717, 1.165) is 18.5 Å². The van der Waals surface area contributed by atoms with Crippen LogP contribution in [0, 0.1) is 0 Å². The Morgan fingerprint density at radius 2 is 1.86 bits per heavy atom. The van der Waals surface area contributed by atoms with E-state index >= 15 is 0 Å². The summed E-state index contributed by atoms with van der Waals surface area (Å²) in [6.07, 6.45) is 3.98. The number of hydrogen-bond donors (Lipinski definition) is 0. The zero-order valence-corrected chi connectivity index (χ0v) is 17.5. The van der Waals surface area contributed by atoms with Crippen molar-refractivity contribution in [2.75, 3.05) is 10.8 Å². The summed E-state index contributed by atoms with van der Waals surface area (Å²) < 4.78 is 30.0. The van der Waals surface area contributed by atoms with Crippen LogP contribution < -0.4 is 4.31 Å². The molecular weight excluding hydrogens is 396 g/mol.